The second-order valence-electron chi connectivity index (χ2n) is 5.87. The van der Waals surface area contributed by atoms with E-state index in [1.165, 1.54) is 12.1 Å². The van der Waals surface area contributed by atoms with Crippen molar-refractivity contribution in [1.82, 2.24) is 10.6 Å². The van der Waals surface area contributed by atoms with Gasteiger partial charge in [-0.1, -0.05) is 6.07 Å². The van der Waals surface area contributed by atoms with Crippen molar-refractivity contribution in [2.24, 2.45) is 4.99 Å². The monoisotopic (exact) mass is 340 g/mol. The summed E-state index contributed by atoms with van der Waals surface area (Å²) >= 11 is 0. The van der Waals surface area contributed by atoms with Gasteiger partial charge in [-0.2, -0.15) is 0 Å². The summed E-state index contributed by atoms with van der Waals surface area (Å²) in [7, 11) is -1.67. The average Bonchev–Trinajstić information content (AvgIpc) is 3.26. The minimum Gasteiger partial charge on any atom is -0.354 e. The Labute approximate surface area is 135 Å². The summed E-state index contributed by atoms with van der Waals surface area (Å²) in [6, 6.07) is 5.14. The Morgan fingerprint density at radius 2 is 2.22 bits per heavy atom. The molecule has 1 aliphatic carbocycles. The maximum absolute atomic E-state index is 14.3. The summed E-state index contributed by atoms with van der Waals surface area (Å²) in [4.78, 5) is 4.12. The van der Waals surface area contributed by atoms with Crippen molar-refractivity contribution < 1.29 is 12.8 Å². The number of anilines is 1. The van der Waals surface area contributed by atoms with Crippen molar-refractivity contribution in [1.29, 1.82) is 0 Å². The quantitative estimate of drug-likeness (QED) is 0.638. The summed E-state index contributed by atoms with van der Waals surface area (Å²) in [5.74, 6) is 0.262. The lowest BCUT2D eigenvalue weighted by atomic mass is 10.2. The van der Waals surface area contributed by atoms with Crippen molar-refractivity contribution in [2.75, 3.05) is 23.7 Å². The number of nitrogens with one attached hydrogen (secondary N) is 2. The molecule has 0 bridgehead atoms. The number of aliphatic imine (C=N–C) groups is 1. The molecule has 1 aromatic rings. The number of hydrogen-bond donors (Lipinski definition) is 2. The molecule has 1 aromatic carbocycles. The smallest absolute Gasteiger partial charge is 0.235 e. The van der Waals surface area contributed by atoms with Crippen LogP contribution in [0.1, 0.15) is 24.8 Å². The Morgan fingerprint density at radius 1 is 1.43 bits per heavy atom. The van der Waals surface area contributed by atoms with Crippen LogP contribution in [-0.2, 0) is 16.6 Å². The number of nitrogens with zero attached hydrogens (tertiary/aromatic N) is 2. The van der Waals surface area contributed by atoms with E-state index in [1.54, 1.807) is 13.1 Å². The zero-order valence-corrected chi connectivity index (χ0v) is 13.9. The molecule has 1 saturated heterocycles. The first-order valence-corrected chi connectivity index (χ1v) is 9.36. The van der Waals surface area contributed by atoms with Gasteiger partial charge in [-0.15, -0.1) is 0 Å². The first-order chi connectivity index (χ1) is 11.0. The standard InChI is InChI=1S/C15H21FN4O2S/c1-17-15(19-12-4-5-12)18-10-11-3-6-14(13(16)9-11)20-7-2-8-23(20,21)22/h3,6,9,12H,2,4-5,7-8,10H2,1H3,(H2,17,18,19). The molecule has 126 valence electrons. The number of benzene rings is 1. The molecule has 0 spiro atoms. The van der Waals surface area contributed by atoms with Crippen molar-refractivity contribution in [3.8, 4) is 0 Å². The molecule has 0 atom stereocenters. The van der Waals surface area contributed by atoms with E-state index in [4.69, 9.17) is 0 Å². The van der Waals surface area contributed by atoms with Crippen LogP contribution in [0.4, 0.5) is 10.1 Å². The molecule has 8 heteroatoms. The van der Waals surface area contributed by atoms with E-state index in [0.717, 1.165) is 22.7 Å². The molecule has 0 unspecified atom stereocenters. The molecular weight excluding hydrogens is 319 g/mol. The van der Waals surface area contributed by atoms with Crippen molar-refractivity contribution in [2.45, 2.75) is 31.8 Å². The summed E-state index contributed by atoms with van der Waals surface area (Å²) in [5, 5.41) is 6.38. The fraction of sp³-hybridized carbons (Fsp3) is 0.533. The third-order valence-corrected chi connectivity index (χ3v) is 5.84. The number of hydrogen-bond acceptors (Lipinski definition) is 3. The van der Waals surface area contributed by atoms with Gasteiger partial charge in [0.2, 0.25) is 10.0 Å². The van der Waals surface area contributed by atoms with Gasteiger partial charge < -0.3 is 10.6 Å². The highest BCUT2D eigenvalue weighted by Crippen LogP contribution is 2.27. The molecule has 3 rings (SSSR count). The SMILES string of the molecule is CN=C(NCc1ccc(N2CCCS2(=O)=O)c(F)c1)NC1CC1. The number of sulfonamides is 1. The van der Waals surface area contributed by atoms with E-state index in [0.29, 0.717) is 31.5 Å². The van der Waals surface area contributed by atoms with Crippen molar-refractivity contribution in [3.05, 3.63) is 29.6 Å². The topological polar surface area (TPSA) is 73.8 Å². The predicted octanol–water partition coefficient (Wildman–Crippen LogP) is 1.19. The minimum atomic E-state index is -3.36. The molecule has 0 aromatic heterocycles. The first-order valence-electron chi connectivity index (χ1n) is 7.75. The molecule has 0 radical (unpaired) electrons. The lowest BCUT2D eigenvalue weighted by Crippen LogP contribution is -2.38. The Morgan fingerprint density at radius 3 is 2.78 bits per heavy atom. The highest BCUT2D eigenvalue weighted by Gasteiger charge is 2.30. The van der Waals surface area contributed by atoms with Gasteiger partial charge in [0, 0.05) is 26.2 Å². The van der Waals surface area contributed by atoms with Crippen LogP contribution in [0.3, 0.4) is 0 Å². The second kappa shape index (κ2) is 6.35. The summed E-state index contributed by atoms with van der Waals surface area (Å²) in [6.07, 6.45) is 2.83. The molecule has 1 aliphatic heterocycles. The summed E-state index contributed by atoms with van der Waals surface area (Å²) < 4.78 is 39.2. The fourth-order valence-electron chi connectivity index (χ4n) is 2.57. The maximum atomic E-state index is 14.3. The first kappa shape index (κ1) is 16.0. The zero-order chi connectivity index (χ0) is 16.4. The van der Waals surface area contributed by atoms with Crippen molar-refractivity contribution >= 4 is 21.7 Å². The van der Waals surface area contributed by atoms with Crippen LogP contribution >= 0.6 is 0 Å². The van der Waals surface area contributed by atoms with Crippen LogP contribution in [0.25, 0.3) is 0 Å². The van der Waals surface area contributed by atoms with Gasteiger partial charge in [-0.05, 0) is 37.0 Å². The molecule has 1 saturated carbocycles. The highest BCUT2D eigenvalue weighted by atomic mass is 32.2. The predicted molar refractivity (Wildman–Crippen MR) is 88.5 cm³/mol. The third kappa shape index (κ3) is 3.74. The number of halogens is 1. The number of guanidine groups is 1. The fourth-order valence-corrected chi connectivity index (χ4v) is 4.14. The van der Waals surface area contributed by atoms with Gasteiger partial charge in [0.1, 0.15) is 5.82 Å². The molecule has 6 nitrogen and oxygen atoms in total. The Hall–Kier alpha value is -1.83. The summed E-state index contributed by atoms with van der Waals surface area (Å²) in [6.45, 7) is 0.769. The van der Waals surface area contributed by atoms with Crippen LogP contribution in [0, 0.1) is 5.82 Å². The largest absolute Gasteiger partial charge is 0.354 e. The molecular formula is C15H21FN4O2S. The van der Waals surface area contributed by atoms with E-state index < -0.39 is 15.8 Å². The van der Waals surface area contributed by atoms with Crippen LogP contribution in [0.2, 0.25) is 0 Å². The van der Waals surface area contributed by atoms with Gasteiger partial charge in [-0.25, -0.2) is 12.8 Å². The highest BCUT2D eigenvalue weighted by molar-refractivity contribution is 7.93. The maximum Gasteiger partial charge on any atom is 0.235 e. The third-order valence-electron chi connectivity index (χ3n) is 3.98. The Balaban J connectivity index is 1.67. The van der Waals surface area contributed by atoms with E-state index in [1.807, 2.05) is 0 Å². The van der Waals surface area contributed by atoms with E-state index in [9.17, 15) is 12.8 Å². The Bertz CT molecular complexity index is 716. The van der Waals surface area contributed by atoms with Gasteiger partial charge in [0.15, 0.2) is 5.96 Å². The Kier molecular flexibility index (Phi) is 4.43. The molecule has 2 N–H and O–H groups in total. The van der Waals surface area contributed by atoms with Crippen LogP contribution < -0.4 is 14.9 Å². The lowest BCUT2D eigenvalue weighted by molar-refractivity contribution is 0.594. The number of rotatable bonds is 4. The van der Waals surface area contributed by atoms with Crippen LogP contribution in [0.5, 0.6) is 0 Å². The zero-order valence-electron chi connectivity index (χ0n) is 13.0. The van der Waals surface area contributed by atoms with E-state index in [2.05, 4.69) is 15.6 Å². The normalized spacial score (nSPS) is 20.6. The van der Waals surface area contributed by atoms with E-state index >= 15 is 0 Å². The molecule has 0 amide bonds. The van der Waals surface area contributed by atoms with Crippen molar-refractivity contribution in [3.63, 3.8) is 0 Å². The second-order valence-corrected chi connectivity index (χ2v) is 7.88. The van der Waals surface area contributed by atoms with Gasteiger partial charge in [0.05, 0.1) is 11.4 Å². The van der Waals surface area contributed by atoms with Crippen LogP contribution in [-0.4, -0.2) is 39.8 Å². The lowest BCUT2D eigenvalue weighted by Gasteiger charge is -2.18. The molecule has 23 heavy (non-hydrogen) atoms. The summed E-state index contributed by atoms with van der Waals surface area (Å²) in [5.41, 5.74) is 0.869. The van der Waals surface area contributed by atoms with E-state index in [-0.39, 0.29) is 11.4 Å². The molecule has 1 heterocycles. The average molecular weight is 340 g/mol. The van der Waals surface area contributed by atoms with Gasteiger partial charge in [-0.3, -0.25) is 9.30 Å². The molecule has 2 aliphatic rings. The molecule has 2 fully saturated rings. The van der Waals surface area contributed by atoms with Gasteiger partial charge in [0.25, 0.3) is 0 Å². The minimum absolute atomic E-state index is 0.0822. The van der Waals surface area contributed by atoms with Crippen LogP contribution in [0.15, 0.2) is 23.2 Å². The van der Waals surface area contributed by atoms with Gasteiger partial charge >= 0.3 is 0 Å².